The van der Waals surface area contributed by atoms with Crippen LogP contribution in [-0.4, -0.2) is 21.9 Å². The Morgan fingerprint density at radius 2 is 2.05 bits per heavy atom. The molecule has 0 aliphatic rings. The lowest BCUT2D eigenvalue weighted by molar-refractivity contribution is 0.256. The SMILES string of the molecule is CC(c1cccs1)N(C)Cc1cnc(-c2ccco2)nc1. The second-order valence-corrected chi connectivity index (χ2v) is 5.98. The van der Waals surface area contributed by atoms with Gasteiger partial charge < -0.3 is 4.42 Å². The van der Waals surface area contributed by atoms with Crippen LogP contribution in [0.4, 0.5) is 0 Å². The second-order valence-electron chi connectivity index (χ2n) is 5.00. The molecule has 21 heavy (non-hydrogen) atoms. The molecule has 108 valence electrons. The molecule has 0 bridgehead atoms. The highest BCUT2D eigenvalue weighted by atomic mass is 32.1. The molecule has 0 saturated carbocycles. The van der Waals surface area contributed by atoms with Crippen molar-refractivity contribution in [2.24, 2.45) is 0 Å². The molecule has 0 aromatic carbocycles. The predicted octanol–water partition coefficient (Wildman–Crippen LogP) is 3.99. The van der Waals surface area contributed by atoms with Gasteiger partial charge >= 0.3 is 0 Å². The zero-order chi connectivity index (χ0) is 14.7. The molecule has 0 fully saturated rings. The Balaban J connectivity index is 1.68. The van der Waals surface area contributed by atoms with Crippen molar-refractivity contribution in [3.63, 3.8) is 0 Å². The van der Waals surface area contributed by atoms with Crippen LogP contribution in [-0.2, 0) is 6.54 Å². The van der Waals surface area contributed by atoms with Crippen molar-refractivity contribution in [2.75, 3.05) is 7.05 Å². The highest BCUT2D eigenvalue weighted by Gasteiger charge is 2.13. The van der Waals surface area contributed by atoms with Gasteiger partial charge in [-0.1, -0.05) is 6.07 Å². The van der Waals surface area contributed by atoms with Gasteiger partial charge in [0.05, 0.1) is 6.26 Å². The summed E-state index contributed by atoms with van der Waals surface area (Å²) in [6.45, 7) is 3.03. The zero-order valence-corrected chi connectivity index (χ0v) is 12.9. The quantitative estimate of drug-likeness (QED) is 0.714. The molecule has 5 heteroatoms. The minimum Gasteiger partial charge on any atom is -0.461 e. The number of thiophene rings is 1. The predicted molar refractivity (Wildman–Crippen MR) is 83.9 cm³/mol. The molecule has 3 rings (SSSR count). The van der Waals surface area contributed by atoms with Crippen molar-refractivity contribution in [1.82, 2.24) is 14.9 Å². The lowest BCUT2D eigenvalue weighted by atomic mass is 10.2. The Bertz CT molecular complexity index is 662. The molecule has 0 N–H and O–H groups in total. The van der Waals surface area contributed by atoms with Crippen molar-refractivity contribution in [3.8, 4) is 11.6 Å². The fourth-order valence-electron chi connectivity index (χ4n) is 2.14. The third kappa shape index (κ3) is 3.20. The molecule has 0 aliphatic heterocycles. The fraction of sp³-hybridized carbons (Fsp3) is 0.250. The molecule has 0 aliphatic carbocycles. The highest BCUT2D eigenvalue weighted by molar-refractivity contribution is 7.10. The summed E-state index contributed by atoms with van der Waals surface area (Å²) in [4.78, 5) is 12.4. The summed E-state index contributed by atoms with van der Waals surface area (Å²) in [5.74, 6) is 1.32. The van der Waals surface area contributed by atoms with Crippen LogP contribution >= 0.6 is 11.3 Å². The first-order chi connectivity index (χ1) is 10.2. The molecule has 0 amide bonds. The van der Waals surface area contributed by atoms with Crippen molar-refractivity contribution in [3.05, 3.63) is 58.7 Å². The van der Waals surface area contributed by atoms with Gasteiger partial charge in [0.25, 0.3) is 0 Å². The maximum absolute atomic E-state index is 5.29. The van der Waals surface area contributed by atoms with Gasteiger partial charge in [-0.25, -0.2) is 9.97 Å². The third-order valence-corrected chi connectivity index (χ3v) is 4.54. The first-order valence-corrected chi connectivity index (χ1v) is 7.70. The molecule has 3 heterocycles. The van der Waals surface area contributed by atoms with Crippen LogP contribution in [0.15, 0.2) is 52.7 Å². The van der Waals surface area contributed by atoms with E-state index in [0.717, 1.165) is 12.1 Å². The molecule has 3 aromatic heterocycles. The van der Waals surface area contributed by atoms with E-state index in [1.807, 2.05) is 24.5 Å². The van der Waals surface area contributed by atoms with E-state index in [1.165, 1.54) is 4.88 Å². The topological polar surface area (TPSA) is 42.2 Å². The van der Waals surface area contributed by atoms with Crippen molar-refractivity contribution < 1.29 is 4.42 Å². The van der Waals surface area contributed by atoms with E-state index in [1.54, 1.807) is 17.6 Å². The van der Waals surface area contributed by atoms with Gasteiger partial charge in [-0.05, 0) is 37.6 Å². The molecule has 4 nitrogen and oxygen atoms in total. The smallest absolute Gasteiger partial charge is 0.195 e. The fourth-order valence-corrected chi connectivity index (χ4v) is 2.99. The van der Waals surface area contributed by atoms with Gasteiger partial charge in [-0.15, -0.1) is 11.3 Å². The van der Waals surface area contributed by atoms with Gasteiger partial charge in [0, 0.05) is 35.4 Å². The van der Waals surface area contributed by atoms with E-state index < -0.39 is 0 Å². The summed E-state index contributed by atoms with van der Waals surface area (Å²) in [6, 6.07) is 8.34. The number of hydrogen-bond donors (Lipinski definition) is 0. The number of nitrogens with zero attached hydrogens (tertiary/aromatic N) is 3. The van der Waals surface area contributed by atoms with E-state index in [2.05, 4.69) is 46.4 Å². The zero-order valence-electron chi connectivity index (χ0n) is 12.1. The van der Waals surface area contributed by atoms with E-state index in [9.17, 15) is 0 Å². The van der Waals surface area contributed by atoms with Gasteiger partial charge in [0.1, 0.15) is 0 Å². The van der Waals surface area contributed by atoms with Crippen molar-refractivity contribution >= 4 is 11.3 Å². The summed E-state index contributed by atoms with van der Waals surface area (Å²) in [6.07, 6.45) is 5.36. The summed E-state index contributed by atoms with van der Waals surface area (Å²) in [7, 11) is 2.12. The van der Waals surface area contributed by atoms with Crippen LogP contribution in [0, 0.1) is 0 Å². The minimum atomic E-state index is 0.384. The Morgan fingerprint density at radius 1 is 1.24 bits per heavy atom. The average molecular weight is 299 g/mol. The maximum Gasteiger partial charge on any atom is 0.195 e. The van der Waals surface area contributed by atoms with E-state index in [4.69, 9.17) is 4.42 Å². The lowest BCUT2D eigenvalue weighted by Gasteiger charge is -2.23. The first-order valence-electron chi connectivity index (χ1n) is 6.82. The maximum atomic E-state index is 5.29. The number of hydrogen-bond acceptors (Lipinski definition) is 5. The van der Waals surface area contributed by atoms with Crippen LogP contribution < -0.4 is 0 Å². The Morgan fingerprint density at radius 3 is 2.67 bits per heavy atom. The van der Waals surface area contributed by atoms with Crippen LogP contribution in [0.5, 0.6) is 0 Å². The standard InChI is InChI=1S/C16H17N3OS/c1-12(15-6-4-8-21-15)19(2)11-13-9-17-16(18-10-13)14-5-3-7-20-14/h3-10,12H,11H2,1-2H3. The summed E-state index contributed by atoms with van der Waals surface area (Å²) < 4.78 is 5.29. The summed E-state index contributed by atoms with van der Waals surface area (Å²) in [5, 5.41) is 2.11. The Labute approximate surface area is 128 Å². The van der Waals surface area contributed by atoms with E-state index in [-0.39, 0.29) is 0 Å². The monoisotopic (exact) mass is 299 g/mol. The molecule has 1 atom stereocenters. The van der Waals surface area contributed by atoms with Crippen LogP contribution in [0.1, 0.15) is 23.4 Å². The van der Waals surface area contributed by atoms with Gasteiger partial charge in [-0.2, -0.15) is 0 Å². The first kappa shape index (κ1) is 14.0. The largest absolute Gasteiger partial charge is 0.461 e. The van der Waals surface area contributed by atoms with Gasteiger partial charge in [0.2, 0.25) is 0 Å². The molecule has 0 radical (unpaired) electrons. The molecule has 0 spiro atoms. The molecular formula is C16H17N3OS. The van der Waals surface area contributed by atoms with Gasteiger partial charge in [0.15, 0.2) is 11.6 Å². The third-order valence-electron chi connectivity index (χ3n) is 3.49. The normalized spacial score (nSPS) is 12.7. The molecular weight excluding hydrogens is 282 g/mol. The summed E-state index contributed by atoms with van der Waals surface area (Å²) >= 11 is 1.79. The number of furan rings is 1. The number of aromatic nitrogens is 2. The Kier molecular flexibility index (Phi) is 4.13. The average Bonchev–Trinajstić information content (AvgIpc) is 3.20. The van der Waals surface area contributed by atoms with E-state index >= 15 is 0 Å². The molecule has 3 aromatic rings. The number of rotatable bonds is 5. The second kappa shape index (κ2) is 6.20. The van der Waals surface area contributed by atoms with Crippen LogP contribution in [0.25, 0.3) is 11.6 Å². The van der Waals surface area contributed by atoms with E-state index in [0.29, 0.717) is 17.6 Å². The van der Waals surface area contributed by atoms with Gasteiger partial charge in [-0.3, -0.25) is 4.90 Å². The molecule has 0 saturated heterocycles. The van der Waals surface area contributed by atoms with Crippen molar-refractivity contribution in [2.45, 2.75) is 19.5 Å². The van der Waals surface area contributed by atoms with Crippen molar-refractivity contribution in [1.29, 1.82) is 0 Å². The Hall–Kier alpha value is -1.98. The summed E-state index contributed by atoms with van der Waals surface area (Å²) in [5.41, 5.74) is 1.09. The molecule has 1 unspecified atom stereocenters. The van der Waals surface area contributed by atoms with Crippen LogP contribution in [0.2, 0.25) is 0 Å². The highest BCUT2D eigenvalue weighted by Crippen LogP contribution is 2.24. The lowest BCUT2D eigenvalue weighted by Crippen LogP contribution is -2.21. The van der Waals surface area contributed by atoms with Crippen LogP contribution in [0.3, 0.4) is 0 Å². The minimum absolute atomic E-state index is 0.384.